The summed E-state index contributed by atoms with van der Waals surface area (Å²) in [6, 6.07) is 76.9. The molecule has 0 amide bonds. The van der Waals surface area contributed by atoms with Crippen LogP contribution in [-0.4, -0.2) is 19.9 Å². The van der Waals surface area contributed by atoms with Crippen LogP contribution in [0.25, 0.3) is 122 Å². The van der Waals surface area contributed by atoms with Gasteiger partial charge in [0.05, 0.1) is 22.8 Å². The lowest BCUT2D eigenvalue weighted by Crippen LogP contribution is -1.99. The summed E-state index contributed by atoms with van der Waals surface area (Å²) >= 11 is 0. The van der Waals surface area contributed by atoms with Gasteiger partial charge >= 0.3 is 0 Å². The van der Waals surface area contributed by atoms with Crippen molar-refractivity contribution in [3.8, 4) is 67.8 Å². The molecule has 0 aliphatic heterocycles. The number of hydrogen-bond donors (Lipinski definition) is 0. The van der Waals surface area contributed by atoms with Gasteiger partial charge in [-0.3, -0.25) is 0 Å². The Labute approximate surface area is 358 Å². The van der Waals surface area contributed by atoms with E-state index in [0.717, 1.165) is 77.7 Å². The van der Waals surface area contributed by atoms with Crippen molar-refractivity contribution in [2.24, 2.45) is 0 Å². The third kappa shape index (κ3) is 6.25. The highest BCUT2D eigenvalue weighted by Gasteiger charge is 2.19. The summed E-state index contributed by atoms with van der Waals surface area (Å²) in [6.07, 6.45) is 0. The van der Waals surface area contributed by atoms with Gasteiger partial charge in [-0.05, 0) is 78.1 Å². The van der Waals surface area contributed by atoms with Crippen molar-refractivity contribution >= 4 is 53.9 Å². The Morgan fingerprint density at radius 1 is 0.210 bits per heavy atom. The van der Waals surface area contributed by atoms with Gasteiger partial charge in [-0.1, -0.05) is 194 Å². The predicted octanol–water partition coefficient (Wildman–Crippen LogP) is 15.0. The number of fused-ring (bicyclic) bond motifs is 5. The van der Waals surface area contributed by atoms with E-state index in [4.69, 9.17) is 19.9 Å². The van der Waals surface area contributed by atoms with Crippen LogP contribution in [0.5, 0.6) is 0 Å². The Morgan fingerprint density at radius 3 is 1.02 bits per heavy atom. The van der Waals surface area contributed by atoms with E-state index in [0.29, 0.717) is 11.6 Å². The molecule has 4 nitrogen and oxygen atoms in total. The maximum absolute atomic E-state index is 5.38. The van der Waals surface area contributed by atoms with Crippen LogP contribution >= 0.6 is 0 Å². The fourth-order valence-corrected chi connectivity index (χ4v) is 9.00. The Bertz CT molecular complexity index is 3460. The lowest BCUT2D eigenvalue weighted by Gasteiger charge is -2.15. The van der Waals surface area contributed by atoms with E-state index in [1.165, 1.54) is 32.3 Å². The normalized spacial score (nSPS) is 11.5. The molecule has 4 heteroatoms. The van der Waals surface area contributed by atoms with Gasteiger partial charge in [0.15, 0.2) is 11.6 Å². The van der Waals surface area contributed by atoms with Crippen molar-refractivity contribution in [1.82, 2.24) is 19.9 Å². The van der Waals surface area contributed by atoms with E-state index in [2.05, 4.69) is 218 Å². The lowest BCUT2D eigenvalue weighted by molar-refractivity contribution is 1.19. The summed E-state index contributed by atoms with van der Waals surface area (Å²) in [6.45, 7) is 0. The van der Waals surface area contributed by atoms with Crippen molar-refractivity contribution in [3.05, 3.63) is 218 Å². The van der Waals surface area contributed by atoms with Crippen LogP contribution < -0.4 is 0 Å². The smallest absolute Gasteiger partial charge is 0.161 e. The Balaban J connectivity index is 1.07. The Morgan fingerprint density at radius 2 is 0.548 bits per heavy atom. The molecule has 2 heterocycles. The summed E-state index contributed by atoms with van der Waals surface area (Å²) in [5, 5.41) is 11.4. The summed E-state index contributed by atoms with van der Waals surface area (Å²) < 4.78 is 0. The van der Waals surface area contributed by atoms with Gasteiger partial charge in [-0.15, -0.1) is 0 Å². The van der Waals surface area contributed by atoms with Crippen LogP contribution in [0.4, 0.5) is 0 Å². The second-order valence-electron chi connectivity index (χ2n) is 15.8. The van der Waals surface area contributed by atoms with Gasteiger partial charge < -0.3 is 0 Å². The fourth-order valence-electron chi connectivity index (χ4n) is 9.00. The molecule has 12 rings (SSSR count). The standard InChI is InChI=1S/C58H36N4/c1-3-17-41-33-43(31-29-37(41)13-1)53-35-55(49-25-9-19-39-15-5-7-21-45(39)49)61-57(59-53)51-27-11-24-48-47(51)23-12-28-52(48)58-60-54(44-32-30-38-14-2-4-18-42(38)34-44)36-56(62-58)50-26-10-20-40-16-6-8-22-46(40)50/h1-36H. The molecule has 288 valence electrons. The van der Waals surface area contributed by atoms with Gasteiger partial charge in [0, 0.05) is 33.4 Å². The number of benzene rings is 10. The van der Waals surface area contributed by atoms with E-state index in [-0.39, 0.29) is 0 Å². The molecule has 0 aliphatic rings. The second-order valence-corrected chi connectivity index (χ2v) is 15.8. The minimum Gasteiger partial charge on any atom is -0.228 e. The van der Waals surface area contributed by atoms with Crippen LogP contribution in [0.3, 0.4) is 0 Å². The quantitative estimate of drug-likeness (QED) is 0.168. The van der Waals surface area contributed by atoms with Crippen LogP contribution in [0, 0.1) is 0 Å². The maximum Gasteiger partial charge on any atom is 0.161 e. The van der Waals surface area contributed by atoms with Crippen LogP contribution in [0.15, 0.2) is 218 Å². The van der Waals surface area contributed by atoms with Gasteiger partial charge in [-0.2, -0.15) is 0 Å². The van der Waals surface area contributed by atoms with Crippen LogP contribution in [0.2, 0.25) is 0 Å². The topological polar surface area (TPSA) is 51.6 Å². The van der Waals surface area contributed by atoms with Crippen molar-refractivity contribution in [2.45, 2.75) is 0 Å². The number of aromatic nitrogens is 4. The highest BCUT2D eigenvalue weighted by atomic mass is 14.9. The van der Waals surface area contributed by atoms with Gasteiger partial charge in [0.1, 0.15) is 0 Å². The van der Waals surface area contributed by atoms with E-state index in [1.807, 2.05) is 0 Å². The molecule has 0 saturated heterocycles. The van der Waals surface area contributed by atoms with E-state index in [9.17, 15) is 0 Å². The zero-order chi connectivity index (χ0) is 41.0. The van der Waals surface area contributed by atoms with Gasteiger partial charge in [0.25, 0.3) is 0 Å². The number of nitrogens with zero attached hydrogens (tertiary/aromatic N) is 4. The Hall–Kier alpha value is -8.34. The molecular weight excluding hydrogens is 753 g/mol. The molecule has 0 atom stereocenters. The highest BCUT2D eigenvalue weighted by molar-refractivity contribution is 6.04. The SMILES string of the molecule is c1ccc2cc(-c3cc(-c4cccc5ccccc45)nc(-c4cccc5c(-c6nc(-c7ccc8ccccc8c7)cc(-c7cccc8ccccc78)n6)cccc45)n3)ccc2c1. The predicted molar refractivity (Wildman–Crippen MR) is 258 cm³/mol. The number of rotatable bonds is 6. The minimum atomic E-state index is 0.656. The molecule has 0 N–H and O–H groups in total. The molecular formula is C58H36N4. The molecule has 62 heavy (non-hydrogen) atoms. The molecule has 0 saturated carbocycles. The molecule has 0 spiro atoms. The minimum absolute atomic E-state index is 0.656. The largest absolute Gasteiger partial charge is 0.228 e. The molecule has 12 aromatic rings. The summed E-state index contributed by atoms with van der Waals surface area (Å²) in [4.78, 5) is 21.5. The van der Waals surface area contributed by atoms with Gasteiger partial charge in [-0.25, -0.2) is 19.9 Å². The lowest BCUT2D eigenvalue weighted by atomic mass is 9.97. The fraction of sp³-hybridized carbons (Fsp3) is 0. The van der Waals surface area contributed by atoms with Crippen LogP contribution in [0.1, 0.15) is 0 Å². The van der Waals surface area contributed by atoms with Gasteiger partial charge in [0.2, 0.25) is 0 Å². The summed E-state index contributed by atoms with van der Waals surface area (Å²) in [7, 11) is 0. The van der Waals surface area contributed by atoms with Crippen molar-refractivity contribution in [3.63, 3.8) is 0 Å². The molecule has 0 fully saturated rings. The van der Waals surface area contributed by atoms with Crippen molar-refractivity contribution < 1.29 is 0 Å². The van der Waals surface area contributed by atoms with E-state index in [1.54, 1.807) is 0 Å². The first kappa shape index (κ1) is 35.6. The van der Waals surface area contributed by atoms with Crippen molar-refractivity contribution in [1.29, 1.82) is 0 Å². The molecule has 0 aliphatic carbocycles. The molecule has 0 unspecified atom stereocenters. The molecule has 10 aromatic carbocycles. The number of hydrogen-bond acceptors (Lipinski definition) is 4. The summed E-state index contributed by atoms with van der Waals surface area (Å²) in [5.41, 5.74) is 9.55. The summed E-state index contributed by atoms with van der Waals surface area (Å²) in [5.74, 6) is 1.31. The molecule has 0 bridgehead atoms. The second kappa shape index (κ2) is 14.7. The van der Waals surface area contributed by atoms with E-state index < -0.39 is 0 Å². The first-order chi connectivity index (χ1) is 30.7. The monoisotopic (exact) mass is 788 g/mol. The maximum atomic E-state index is 5.38. The van der Waals surface area contributed by atoms with Crippen LogP contribution in [-0.2, 0) is 0 Å². The third-order valence-corrected chi connectivity index (χ3v) is 12.1. The molecule has 0 radical (unpaired) electrons. The van der Waals surface area contributed by atoms with Crippen molar-refractivity contribution in [2.75, 3.05) is 0 Å². The zero-order valence-electron chi connectivity index (χ0n) is 33.6. The van der Waals surface area contributed by atoms with E-state index >= 15 is 0 Å². The first-order valence-electron chi connectivity index (χ1n) is 21.0. The zero-order valence-corrected chi connectivity index (χ0v) is 33.6. The highest BCUT2D eigenvalue weighted by Crippen LogP contribution is 2.39. The first-order valence-corrected chi connectivity index (χ1v) is 21.0. The average molecular weight is 789 g/mol. The molecule has 2 aromatic heterocycles. The Kier molecular flexibility index (Phi) is 8.46. The third-order valence-electron chi connectivity index (χ3n) is 12.1. The average Bonchev–Trinajstić information content (AvgIpc) is 3.35.